The quantitative estimate of drug-likeness (QED) is 0.776. The number of rotatable bonds is 5. The summed E-state index contributed by atoms with van der Waals surface area (Å²) in [4.78, 5) is 28.8. The lowest BCUT2D eigenvalue weighted by Crippen LogP contribution is -2.46. The van der Waals surface area contributed by atoms with Crippen molar-refractivity contribution < 1.29 is 9.59 Å². The van der Waals surface area contributed by atoms with E-state index in [1.54, 1.807) is 0 Å². The molecule has 0 atom stereocenters. The summed E-state index contributed by atoms with van der Waals surface area (Å²) in [6, 6.07) is 8.31. The minimum absolute atomic E-state index is 0.0735. The Morgan fingerprint density at radius 3 is 2.64 bits per heavy atom. The molecule has 1 fully saturated rings. The van der Waals surface area contributed by atoms with Gasteiger partial charge in [0.2, 0.25) is 5.91 Å². The summed E-state index contributed by atoms with van der Waals surface area (Å²) in [6.45, 7) is 6.15. The number of hydrogen-bond acceptors (Lipinski definition) is 3. The van der Waals surface area contributed by atoms with Gasteiger partial charge in [-0.05, 0) is 36.5 Å². The third kappa shape index (κ3) is 4.20. The SMILES string of the molecule is CC(C)c1ccc2cc(C(=O)NC3CCN(CC(N)=O)CC3)[nH]c2c1. The van der Waals surface area contributed by atoms with E-state index in [2.05, 4.69) is 42.3 Å². The molecule has 134 valence electrons. The zero-order valence-corrected chi connectivity index (χ0v) is 14.8. The fourth-order valence-corrected chi connectivity index (χ4v) is 3.35. The van der Waals surface area contributed by atoms with Crippen LogP contribution in [-0.4, -0.2) is 47.4 Å². The van der Waals surface area contributed by atoms with Gasteiger partial charge < -0.3 is 16.0 Å². The van der Waals surface area contributed by atoms with Gasteiger partial charge in [-0.15, -0.1) is 0 Å². The van der Waals surface area contributed by atoms with Crippen molar-refractivity contribution in [2.24, 2.45) is 5.73 Å². The van der Waals surface area contributed by atoms with Crippen molar-refractivity contribution in [1.82, 2.24) is 15.2 Å². The number of H-pyrrole nitrogens is 1. The number of hydrogen-bond donors (Lipinski definition) is 3. The van der Waals surface area contributed by atoms with Gasteiger partial charge in [-0.3, -0.25) is 14.5 Å². The maximum Gasteiger partial charge on any atom is 0.267 e. The smallest absolute Gasteiger partial charge is 0.267 e. The molecule has 3 rings (SSSR count). The Balaban J connectivity index is 1.62. The Morgan fingerprint density at radius 1 is 1.28 bits per heavy atom. The van der Waals surface area contributed by atoms with Crippen molar-refractivity contribution in [2.75, 3.05) is 19.6 Å². The monoisotopic (exact) mass is 342 g/mol. The third-order valence-electron chi connectivity index (χ3n) is 4.86. The number of primary amides is 1. The molecule has 0 radical (unpaired) electrons. The molecule has 1 aromatic carbocycles. The van der Waals surface area contributed by atoms with Gasteiger partial charge in [-0.2, -0.15) is 0 Å². The van der Waals surface area contributed by atoms with Crippen molar-refractivity contribution in [2.45, 2.75) is 38.6 Å². The lowest BCUT2D eigenvalue weighted by molar-refractivity contribution is -0.119. The van der Waals surface area contributed by atoms with Crippen LogP contribution in [0.25, 0.3) is 10.9 Å². The van der Waals surface area contributed by atoms with Crippen LogP contribution in [-0.2, 0) is 4.79 Å². The van der Waals surface area contributed by atoms with E-state index in [4.69, 9.17) is 5.73 Å². The van der Waals surface area contributed by atoms with Gasteiger partial charge in [0.05, 0.1) is 6.54 Å². The van der Waals surface area contributed by atoms with Gasteiger partial charge in [0.25, 0.3) is 5.91 Å². The zero-order valence-electron chi connectivity index (χ0n) is 14.8. The second-order valence-electron chi connectivity index (χ2n) is 7.17. The van der Waals surface area contributed by atoms with Crippen molar-refractivity contribution in [3.8, 4) is 0 Å². The number of carbonyl (C=O) groups excluding carboxylic acids is 2. The van der Waals surface area contributed by atoms with E-state index in [0.717, 1.165) is 36.8 Å². The molecule has 2 amide bonds. The highest BCUT2D eigenvalue weighted by molar-refractivity contribution is 5.98. The van der Waals surface area contributed by atoms with Crippen LogP contribution >= 0.6 is 0 Å². The molecule has 6 heteroatoms. The number of nitrogens with zero attached hydrogens (tertiary/aromatic N) is 1. The first kappa shape index (κ1) is 17.5. The van der Waals surface area contributed by atoms with Crippen LogP contribution in [0.4, 0.5) is 0 Å². The molecule has 2 heterocycles. The fraction of sp³-hybridized carbons (Fsp3) is 0.474. The van der Waals surface area contributed by atoms with Gasteiger partial charge >= 0.3 is 0 Å². The van der Waals surface area contributed by atoms with Gasteiger partial charge in [-0.1, -0.05) is 26.0 Å². The summed E-state index contributed by atoms with van der Waals surface area (Å²) in [5.74, 6) is 0.0764. The largest absolute Gasteiger partial charge is 0.369 e. The number of nitrogens with two attached hydrogens (primary N) is 1. The van der Waals surface area contributed by atoms with Crippen LogP contribution in [0, 0.1) is 0 Å². The molecule has 2 aromatic rings. The van der Waals surface area contributed by atoms with E-state index in [0.29, 0.717) is 18.2 Å². The number of benzene rings is 1. The topological polar surface area (TPSA) is 91.2 Å². The minimum atomic E-state index is -0.304. The normalized spacial score (nSPS) is 16.4. The maximum atomic E-state index is 12.5. The Kier molecular flexibility index (Phi) is 5.08. The van der Waals surface area contributed by atoms with E-state index < -0.39 is 0 Å². The summed E-state index contributed by atoms with van der Waals surface area (Å²) < 4.78 is 0. The highest BCUT2D eigenvalue weighted by Crippen LogP contribution is 2.22. The lowest BCUT2D eigenvalue weighted by Gasteiger charge is -2.31. The standard InChI is InChI=1S/C19H26N4O2/c1-12(2)13-3-4-14-10-17(22-16(14)9-13)19(25)21-15-5-7-23(8-6-15)11-18(20)24/h3-4,9-10,12,15,22H,5-8,11H2,1-2H3,(H2,20,24)(H,21,25). The number of piperidine rings is 1. The number of aromatic nitrogens is 1. The van der Waals surface area contributed by atoms with Crippen LogP contribution < -0.4 is 11.1 Å². The molecule has 0 spiro atoms. The molecule has 1 saturated heterocycles. The van der Waals surface area contributed by atoms with E-state index in [9.17, 15) is 9.59 Å². The summed E-state index contributed by atoms with van der Waals surface area (Å²) in [5, 5.41) is 4.14. The van der Waals surface area contributed by atoms with Crippen LogP contribution in [0.3, 0.4) is 0 Å². The molecule has 6 nitrogen and oxygen atoms in total. The first-order chi connectivity index (χ1) is 11.9. The summed E-state index contributed by atoms with van der Waals surface area (Å²) in [6.07, 6.45) is 1.66. The average Bonchev–Trinajstić information content (AvgIpc) is 2.99. The molecule has 4 N–H and O–H groups in total. The molecule has 1 aliphatic heterocycles. The highest BCUT2D eigenvalue weighted by atomic mass is 16.2. The average molecular weight is 342 g/mol. The lowest BCUT2D eigenvalue weighted by atomic mass is 10.0. The molecule has 1 aromatic heterocycles. The van der Waals surface area contributed by atoms with Crippen molar-refractivity contribution in [3.05, 3.63) is 35.5 Å². The molecular weight excluding hydrogens is 316 g/mol. The molecule has 25 heavy (non-hydrogen) atoms. The first-order valence-electron chi connectivity index (χ1n) is 8.86. The Hall–Kier alpha value is -2.34. The van der Waals surface area contributed by atoms with Crippen LogP contribution in [0.2, 0.25) is 0 Å². The minimum Gasteiger partial charge on any atom is -0.369 e. The van der Waals surface area contributed by atoms with E-state index in [1.807, 2.05) is 11.0 Å². The molecule has 0 bridgehead atoms. The third-order valence-corrected chi connectivity index (χ3v) is 4.86. The Bertz CT molecular complexity index is 773. The van der Waals surface area contributed by atoms with E-state index in [-0.39, 0.29) is 17.9 Å². The maximum absolute atomic E-state index is 12.5. The van der Waals surface area contributed by atoms with E-state index in [1.165, 1.54) is 5.56 Å². The van der Waals surface area contributed by atoms with Crippen LogP contribution in [0.1, 0.15) is 48.7 Å². The van der Waals surface area contributed by atoms with E-state index >= 15 is 0 Å². The predicted molar refractivity (Wildman–Crippen MR) is 98.5 cm³/mol. The Morgan fingerprint density at radius 2 is 2.00 bits per heavy atom. The second kappa shape index (κ2) is 7.27. The Labute approximate surface area is 147 Å². The highest BCUT2D eigenvalue weighted by Gasteiger charge is 2.22. The van der Waals surface area contributed by atoms with Gasteiger partial charge in [0.1, 0.15) is 5.69 Å². The van der Waals surface area contributed by atoms with Gasteiger partial charge in [0.15, 0.2) is 0 Å². The first-order valence-corrected chi connectivity index (χ1v) is 8.86. The number of fused-ring (bicyclic) bond motifs is 1. The van der Waals surface area contributed by atoms with Gasteiger partial charge in [0, 0.05) is 30.0 Å². The molecule has 0 unspecified atom stereocenters. The fourth-order valence-electron chi connectivity index (χ4n) is 3.35. The van der Waals surface area contributed by atoms with Crippen LogP contribution in [0.5, 0.6) is 0 Å². The van der Waals surface area contributed by atoms with Gasteiger partial charge in [-0.25, -0.2) is 0 Å². The molecular formula is C19H26N4O2. The van der Waals surface area contributed by atoms with Crippen molar-refractivity contribution in [3.63, 3.8) is 0 Å². The number of amides is 2. The van der Waals surface area contributed by atoms with Crippen molar-refractivity contribution in [1.29, 1.82) is 0 Å². The molecule has 1 aliphatic rings. The predicted octanol–water partition coefficient (Wildman–Crippen LogP) is 1.97. The van der Waals surface area contributed by atoms with Crippen molar-refractivity contribution >= 4 is 22.7 Å². The second-order valence-corrected chi connectivity index (χ2v) is 7.17. The summed E-state index contributed by atoms with van der Waals surface area (Å²) in [7, 11) is 0. The molecule has 0 saturated carbocycles. The van der Waals surface area contributed by atoms with Crippen LogP contribution in [0.15, 0.2) is 24.3 Å². The zero-order chi connectivity index (χ0) is 18.0. The number of nitrogens with one attached hydrogen (secondary N) is 2. The summed E-state index contributed by atoms with van der Waals surface area (Å²) in [5.41, 5.74) is 8.07. The molecule has 0 aliphatic carbocycles. The number of aromatic amines is 1. The number of carbonyl (C=O) groups is 2. The summed E-state index contributed by atoms with van der Waals surface area (Å²) >= 11 is 0. The number of likely N-dealkylation sites (tertiary alicyclic amines) is 1.